The minimum Gasteiger partial charge on any atom is -0.483 e. The fraction of sp³-hybridized carbons (Fsp3) is 0.381. The van der Waals surface area contributed by atoms with Gasteiger partial charge in [-0.15, -0.1) is 0 Å². The molecule has 1 aliphatic rings. The molecule has 1 amide bonds. The Balaban J connectivity index is 1.52. The summed E-state index contributed by atoms with van der Waals surface area (Å²) in [5, 5.41) is 6.26. The molecule has 0 unspecified atom stereocenters. The summed E-state index contributed by atoms with van der Waals surface area (Å²) in [5.41, 5.74) is 2.92. The van der Waals surface area contributed by atoms with Crippen LogP contribution in [-0.2, 0) is 16.1 Å². The summed E-state index contributed by atoms with van der Waals surface area (Å²) in [7, 11) is 0. The number of rotatable bonds is 8. The lowest BCUT2D eigenvalue weighted by Crippen LogP contribution is -2.26. The van der Waals surface area contributed by atoms with Crippen LogP contribution in [0.4, 0.5) is 5.69 Å². The van der Waals surface area contributed by atoms with Crippen LogP contribution in [0.1, 0.15) is 24.0 Å². The van der Waals surface area contributed by atoms with Gasteiger partial charge in [-0.25, -0.2) is 0 Å². The molecule has 1 saturated heterocycles. The minimum atomic E-state index is -0.181. The molecule has 3 rings (SSSR count). The molecule has 2 aromatic carbocycles. The molecular formula is C21H25BrN2O3. The second-order valence-corrected chi connectivity index (χ2v) is 7.64. The molecule has 1 fully saturated rings. The number of hydrogen-bond acceptors (Lipinski definition) is 4. The summed E-state index contributed by atoms with van der Waals surface area (Å²) in [6, 6.07) is 13.5. The van der Waals surface area contributed by atoms with E-state index in [2.05, 4.69) is 26.6 Å². The normalized spacial score (nSPS) is 16.3. The zero-order chi connectivity index (χ0) is 19.1. The number of hydrogen-bond donors (Lipinski definition) is 2. The molecule has 1 aliphatic heterocycles. The van der Waals surface area contributed by atoms with Crippen molar-refractivity contribution in [1.82, 2.24) is 5.32 Å². The van der Waals surface area contributed by atoms with Crippen LogP contribution in [0.2, 0.25) is 0 Å². The summed E-state index contributed by atoms with van der Waals surface area (Å²) >= 11 is 3.50. The molecule has 0 saturated carbocycles. The minimum absolute atomic E-state index is 0.0335. The van der Waals surface area contributed by atoms with E-state index in [1.54, 1.807) is 0 Å². The van der Waals surface area contributed by atoms with Gasteiger partial charge in [0.2, 0.25) is 0 Å². The van der Waals surface area contributed by atoms with Crippen LogP contribution in [0.15, 0.2) is 46.9 Å². The highest BCUT2D eigenvalue weighted by molar-refractivity contribution is 9.10. The van der Waals surface area contributed by atoms with Crippen molar-refractivity contribution in [2.45, 2.75) is 32.4 Å². The molecular weight excluding hydrogens is 408 g/mol. The van der Waals surface area contributed by atoms with Crippen LogP contribution in [0.25, 0.3) is 0 Å². The van der Waals surface area contributed by atoms with Gasteiger partial charge in [0, 0.05) is 35.4 Å². The fourth-order valence-electron chi connectivity index (χ4n) is 2.98. The average Bonchev–Trinajstić information content (AvgIpc) is 3.16. The lowest BCUT2D eigenvalue weighted by molar-refractivity contribution is -0.118. The van der Waals surface area contributed by atoms with Gasteiger partial charge in [-0.1, -0.05) is 33.6 Å². The first kappa shape index (κ1) is 19.9. The maximum absolute atomic E-state index is 12.2. The molecule has 5 nitrogen and oxygen atoms in total. The van der Waals surface area contributed by atoms with Crippen molar-refractivity contribution in [3.05, 3.63) is 58.1 Å². The quantitative estimate of drug-likeness (QED) is 0.660. The van der Waals surface area contributed by atoms with Crippen LogP contribution in [0.5, 0.6) is 5.75 Å². The van der Waals surface area contributed by atoms with Crippen molar-refractivity contribution in [3.8, 4) is 5.75 Å². The third-order valence-electron chi connectivity index (χ3n) is 4.43. The van der Waals surface area contributed by atoms with Gasteiger partial charge in [-0.2, -0.15) is 0 Å². The van der Waals surface area contributed by atoms with E-state index in [-0.39, 0.29) is 12.5 Å². The number of nitrogens with one attached hydrogen (secondary N) is 2. The number of ether oxygens (including phenoxy) is 2. The van der Waals surface area contributed by atoms with E-state index in [0.717, 1.165) is 47.3 Å². The molecule has 6 heteroatoms. The van der Waals surface area contributed by atoms with Crippen LogP contribution < -0.4 is 15.4 Å². The first-order valence-electron chi connectivity index (χ1n) is 9.20. The number of aryl methyl sites for hydroxylation is 1. The SMILES string of the molecule is Cc1ccc(NC(=O)COc2ccc(Br)cc2CNC[C@@H]2CCCO2)cc1. The van der Waals surface area contributed by atoms with Crippen molar-refractivity contribution in [2.75, 3.05) is 25.1 Å². The predicted octanol–water partition coefficient (Wildman–Crippen LogP) is 4.04. The molecule has 2 aromatic rings. The van der Waals surface area contributed by atoms with Gasteiger partial charge in [-0.3, -0.25) is 4.79 Å². The molecule has 1 atom stereocenters. The van der Waals surface area contributed by atoms with Gasteiger partial charge in [0.1, 0.15) is 5.75 Å². The second-order valence-electron chi connectivity index (χ2n) is 6.72. The van der Waals surface area contributed by atoms with E-state index in [1.807, 2.05) is 49.4 Å². The number of carbonyl (C=O) groups excluding carboxylic acids is 1. The lowest BCUT2D eigenvalue weighted by atomic mass is 10.2. The molecule has 0 radical (unpaired) electrons. The molecule has 0 aliphatic carbocycles. The molecule has 0 spiro atoms. The van der Waals surface area contributed by atoms with Gasteiger partial charge in [0.15, 0.2) is 6.61 Å². The topological polar surface area (TPSA) is 59.6 Å². The van der Waals surface area contributed by atoms with Gasteiger partial charge in [0.05, 0.1) is 6.10 Å². The Morgan fingerprint density at radius 1 is 1.26 bits per heavy atom. The Morgan fingerprint density at radius 3 is 2.81 bits per heavy atom. The summed E-state index contributed by atoms with van der Waals surface area (Å²) in [4.78, 5) is 12.2. The highest BCUT2D eigenvalue weighted by Crippen LogP contribution is 2.23. The third-order valence-corrected chi connectivity index (χ3v) is 4.92. The average molecular weight is 433 g/mol. The number of benzene rings is 2. The Labute approximate surface area is 168 Å². The van der Waals surface area contributed by atoms with Crippen LogP contribution in [-0.4, -0.2) is 31.8 Å². The monoisotopic (exact) mass is 432 g/mol. The number of carbonyl (C=O) groups is 1. The van der Waals surface area contributed by atoms with Gasteiger partial charge >= 0.3 is 0 Å². The van der Waals surface area contributed by atoms with Crippen LogP contribution >= 0.6 is 15.9 Å². The molecule has 27 heavy (non-hydrogen) atoms. The zero-order valence-corrected chi connectivity index (χ0v) is 17.1. The van der Waals surface area contributed by atoms with Gasteiger partial charge < -0.3 is 20.1 Å². The zero-order valence-electron chi connectivity index (χ0n) is 15.5. The van der Waals surface area contributed by atoms with E-state index in [0.29, 0.717) is 18.4 Å². The van der Waals surface area contributed by atoms with E-state index in [4.69, 9.17) is 9.47 Å². The van der Waals surface area contributed by atoms with Crippen molar-refractivity contribution >= 4 is 27.5 Å². The van der Waals surface area contributed by atoms with Gasteiger partial charge in [0.25, 0.3) is 5.91 Å². The Kier molecular flexibility index (Phi) is 7.26. The van der Waals surface area contributed by atoms with E-state index in [9.17, 15) is 4.79 Å². The molecule has 2 N–H and O–H groups in total. The highest BCUT2D eigenvalue weighted by atomic mass is 79.9. The van der Waals surface area contributed by atoms with Crippen molar-refractivity contribution in [2.24, 2.45) is 0 Å². The maximum atomic E-state index is 12.2. The van der Waals surface area contributed by atoms with Crippen molar-refractivity contribution in [1.29, 1.82) is 0 Å². The highest BCUT2D eigenvalue weighted by Gasteiger charge is 2.15. The third kappa shape index (κ3) is 6.34. The van der Waals surface area contributed by atoms with Gasteiger partial charge in [-0.05, 0) is 50.1 Å². The van der Waals surface area contributed by atoms with E-state index < -0.39 is 0 Å². The molecule has 0 aromatic heterocycles. The first-order valence-corrected chi connectivity index (χ1v) is 9.99. The van der Waals surface area contributed by atoms with Crippen molar-refractivity contribution in [3.63, 3.8) is 0 Å². The van der Waals surface area contributed by atoms with E-state index in [1.165, 1.54) is 0 Å². The Hall–Kier alpha value is -1.89. The predicted molar refractivity (Wildman–Crippen MR) is 110 cm³/mol. The van der Waals surface area contributed by atoms with Crippen LogP contribution in [0.3, 0.4) is 0 Å². The number of amides is 1. The Morgan fingerprint density at radius 2 is 2.07 bits per heavy atom. The summed E-state index contributed by atoms with van der Waals surface area (Å²) in [6.07, 6.45) is 2.53. The fourth-order valence-corrected chi connectivity index (χ4v) is 3.39. The second kappa shape index (κ2) is 9.88. The summed E-state index contributed by atoms with van der Waals surface area (Å²) in [5.74, 6) is 0.525. The summed E-state index contributed by atoms with van der Waals surface area (Å²) < 4.78 is 12.4. The summed E-state index contributed by atoms with van der Waals surface area (Å²) in [6.45, 7) is 4.31. The van der Waals surface area contributed by atoms with E-state index >= 15 is 0 Å². The largest absolute Gasteiger partial charge is 0.483 e. The molecule has 0 bridgehead atoms. The first-order chi connectivity index (χ1) is 13.1. The maximum Gasteiger partial charge on any atom is 0.262 e. The Bertz CT molecular complexity index is 759. The van der Waals surface area contributed by atoms with Crippen LogP contribution in [0, 0.1) is 6.92 Å². The van der Waals surface area contributed by atoms with Crippen molar-refractivity contribution < 1.29 is 14.3 Å². The molecule has 144 valence electrons. The molecule has 1 heterocycles. The number of halogens is 1. The smallest absolute Gasteiger partial charge is 0.262 e. The lowest BCUT2D eigenvalue weighted by Gasteiger charge is -2.15. The standard InChI is InChI=1S/C21H25BrN2O3/c1-15-4-7-18(8-5-15)24-21(25)14-27-20-9-6-17(22)11-16(20)12-23-13-19-3-2-10-26-19/h4-9,11,19,23H,2-3,10,12-14H2,1H3,(H,24,25)/t19-/m0/s1. The number of anilines is 1.